The standard InChI is InChI=1S/C12H16N4OS/c1-9-4-2-3-7-16(9)12(17)11-6-5-10(18-11)8-14-15-13/h5-6,9H,2-4,7-8H2,1H3. The summed E-state index contributed by atoms with van der Waals surface area (Å²) >= 11 is 1.42. The van der Waals surface area contributed by atoms with E-state index in [1.54, 1.807) is 0 Å². The van der Waals surface area contributed by atoms with Crippen LogP contribution in [-0.2, 0) is 6.54 Å². The quantitative estimate of drug-likeness (QED) is 0.467. The largest absolute Gasteiger partial charge is 0.335 e. The van der Waals surface area contributed by atoms with Gasteiger partial charge in [0.1, 0.15) is 0 Å². The van der Waals surface area contributed by atoms with E-state index in [1.807, 2.05) is 17.0 Å². The Bertz CT molecular complexity index is 478. The zero-order valence-electron chi connectivity index (χ0n) is 10.4. The van der Waals surface area contributed by atoms with Crippen molar-refractivity contribution in [3.05, 3.63) is 32.3 Å². The van der Waals surface area contributed by atoms with Gasteiger partial charge >= 0.3 is 0 Å². The van der Waals surface area contributed by atoms with Crippen molar-refractivity contribution in [1.82, 2.24) is 4.90 Å². The molecule has 0 spiro atoms. The molecule has 0 N–H and O–H groups in total. The number of nitrogens with zero attached hydrogens (tertiary/aromatic N) is 4. The van der Waals surface area contributed by atoms with E-state index in [4.69, 9.17) is 5.53 Å². The molecule has 1 atom stereocenters. The summed E-state index contributed by atoms with van der Waals surface area (Å²) in [6.07, 6.45) is 3.38. The van der Waals surface area contributed by atoms with Crippen LogP contribution in [0, 0.1) is 0 Å². The molecule has 1 aromatic heterocycles. The van der Waals surface area contributed by atoms with Gasteiger partial charge in [-0.2, -0.15) is 0 Å². The lowest BCUT2D eigenvalue weighted by Crippen LogP contribution is -2.41. The molecule has 0 aliphatic carbocycles. The Balaban J connectivity index is 2.08. The highest BCUT2D eigenvalue weighted by Crippen LogP contribution is 2.23. The number of carbonyl (C=O) groups excluding carboxylic acids is 1. The van der Waals surface area contributed by atoms with Crippen LogP contribution in [0.1, 0.15) is 40.7 Å². The van der Waals surface area contributed by atoms with Crippen LogP contribution >= 0.6 is 11.3 Å². The number of rotatable bonds is 3. The third-order valence-corrected chi connectivity index (χ3v) is 4.28. The topological polar surface area (TPSA) is 69.1 Å². The van der Waals surface area contributed by atoms with E-state index in [9.17, 15) is 4.79 Å². The molecule has 1 aliphatic rings. The summed E-state index contributed by atoms with van der Waals surface area (Å²) < 4.78 is 0. The second-order valence-corrected chi connectivity index (χ2v) is 5.67. The molecule has 1 aliphatic heterocycles. The number of amides is 1. The summed E-state index contributed by atoms with van der Waals surface area (Å²) in [4.78, 5) is 18.7. The van der Waals surface area contributed by atoms with E-state index in [0.717, 1.165) is 29.1 Å². The highest BCUT2D eigenvalue weighted by Gasteiger charge is 2.24. The number of thiophene rings is 1. The van der Waals surface area contributed by atoms with Gasteiger partial charge < -0.3 is 4.90 Å². The molecule has 1 unspecified atom stereocenters. The van der Waals surface area contributed by atoms with Gasteiger partial charge in [0.25, 0.3) is 5.91 Å². The normalized spacial score (nSPS) is 19.4. The van der Waals surface area contributed by atoms with Crippen LogP contribution in [-0.4, -0.2) is 23.4 Å². The molecule has 6 heteroatoms. The second kappa shape index (κ2) is 5.89. The van der Waals surface area contributed by atoms with Gasteiger partial charge in [-0.05, 0) is 43.9 Å². The van der Waals surface area contributed by atoms with Crippen molar-refractivity contribution in [3.8, 4) is 0 Å². The molecule has 1 saturated heterocycles. The Morgan fingerprint density at radius 3 is 3.17 bits per heavy atom. The third-order valence-electron chi connectivity index (χ3n) is 3.23. The number of piperidine rings is 1. The van der Waals surface area contributed by atoms with Crippen LogP contribution in [0.5, 0.6) is 0 Å². The molecule has 1 aromatic rings. The van der Waals surface area contributed by atoms with Crippen LogP contribution < -0.4 is 0 Å². The molecule has 0 aromatic carbocycles. The fraction of sp³-hybridized carbons (Fsp3) is 0.583. The van der Waals surface area contributed by atoms with Crippen molar-refractivity contribution in [2.75, 3.05) is 6.54 Å². The monoisotopic (exact) mass is 264 g/mol. The van der Waals surface area contributed by atoms with Crippen molar-refractivity contribution in [3.63, 3.8) is 0 Å². The summed E-state index contributed by atoms with van der Waals surface area (Å²) in [5.74, 6) is 0.111. The predicted molar refractivity (Wildman–Crippen MR) is 71.5 cm³/mol. The van der Waals surface area contributed by atoms with Gasteiger partial charge in [0.05, 0.1) is 11.4 Å². The maximum absolute atomic E-state index is 12.3. The Kier molecular flexibility index (Phi) is 4.23. The summed E-state index contributed by atoms with van der Waals surface area (Å²) in [7, 11) is 0. The Morgan fingerprint density at radius 1 is 1.61 bits per heavy atom. The van der Waals surface area contributed by atoms with Crippen molar-refractivity contribution in [2.45, 2.75) is 38.8 Å². The zero-order valence-corrected chi connectivity index (χ0v) is 11.2. The lowest BCUT2D eigenvalue weighted by Gasteiger charge is -2.33. The molecule has 2 rings (SSSR count). The minimum atomic E-state index is 0.111. The summed E-state index contributed by atoms with van der Waals surface area (Å²) in [5.41, 5.74) is 8.27. The minimum absolute atomic E-state index is 0.111. The Hall–Kier alpha value is -1.52. The van der Waals surface area contributed by atoms with Gasteiger partial charge in [0, 0.05) is 22.4 Å². The van der Waals surface area contributed by atoms with Crippen LogP contribution in [0.25, 0.3) is 10.4 Å². The van der Waals surface area contributed by atoms with Gasteiger partial charge in [-0.1, -0.05) is 5.11 Å². The SMILES string of the molecule is CC1CCCCN1C(=O)c1ccc(CN=[N+]=[N-])s1. The van der Waals surface area contributed by atoms with E-state index in [0.29, 0.717) is 12.6 Å². The maximum Gasteiger partial charge on any atom is 0.264 e. The zero-order chi connectivity index (χ0) is 13.0. The lowest BCUT2D eigenvalue weighted by molar-refractivity contribution is 0.0640. The molecule has 0 radical (unpaired) electrons. The van der Waals surface area contributed by atoms with Crippen molar-refractivity contribution in [2.24, 2.45) is 5.11 Å². The first-order chi connectivity index (χ1) is 8.72. The highest BCUT2D eigenvalue weighted by atomic mass is 32.1. The smallest absolute Gasteiger partial charge is 0.264 e. The van der Waals surface area contributed by atoms with E-state index in [1.165, 1.54) is 17.8 Å². The van der Waals surface area contributed by atoms with Crippen LogP contribution in [0.4, 0.5) is 0 Å². The van der Waals surface area contributed by atoms with Gasteiger partial charge in [-0.15, -0.1) is 11.3 Å². The first kappa shape index (κ1) is 12.9. The van der Waals surface area contributed by atoms with Crippen LogP contribution in [0.15, 0.2) is 17.2 Å². The van der Waals surface area contributed by atoms with Gasteiger partial charge in [0.2, 0.25) is 0 Å². The van der Waals surface area contributed by atoms with Crippen molar-refractivity contribution < 1.29 is 4.79 Å². The predicted octanol–water partition coefficient (Wildman–Crippen LogP) is 3.57. The molecule has 0 saturated carbocycles. The summed E-state index contributed by atoms with van der Waals surface area (Å²) in [6.45, 7) is 3.28. The fourth-order valence-corrected chi connectivity index (χ4v) is 3.10. The molecule has 1 amide bonds. The van der Waals surface area contributed by atoms with Gasteiger partial charge in [-0.25, -0.2) is 0 Å². The molecular weight excluding hydrogens is 248 g/mol. The fourth-order valence-electron chi connectivity index (χ4n) is 2.22. The number of hydrogen-bond donors (Lipinski definition) is 0. The van der Waals surface area contributed by atoms with Gasteiger partial charge in [0.15, 0.2) is 0 Å². The molecule has 5 nitrogen and oxygen atoms in total. The third kappa shape index (κ3) is 2.83. The first-order valence-corrected chi connectivity index (χ1v) is 6.94. The number of hydrogen-bond acceptors (Lipinski definition) is 3. The highest BCUT2D eigenvalue weighted by molar-refractivity contribution is 7.14. The van der Waals surface area contributed by atoms with E-state index >= 15 is 0 Å². The maximum atomic E-state index is 12.3. The van der Waals surface area contributed by atoms with E-state index < -0.39 is 0 Å². The summed E-state index contributed by atoms with van der Waals surface area (Å²) in [5, 5.41) is 3.51. The van der Waals surface area contributed by atoms with E-state index in [2.05, 4.69) is 16.9 Å². The molecule has 2 heterocycles. The molecule has 96 valence electrons. The Morgan fingerprint density at radius 2 is 2.44 bits per heavy atom. The van der Waals surface area contributed by atoms with E-state index in [-0.39, 0.29) is 5.91 Å². The summed E-state index contributed by atoms with van der Waals surface area (Å²) in [6, 6.07) is 4.02. The van der Waals surface area contributed by atoms with Crippen LogP contribution in [0.3, 0.4) is 0 Å². The Labute approximate surface area is 110 Å². The first-order valence-electron chi connectivity index (χ1n) is 6.13. The van der Waals surface area contributed by atoms with Crippen molar-refractivity contribution in [1.29, 1.82) is 0 Å². The average molecular weight is 264 g/mol. The molecule has 1 fully saturated rings. The van der Waals surface area contributed by atoms with Crippen LogP contribution in [0.2, 0.25) is 0 Å². The number of azide groups is 1. The number of carbonyl (C=O) groups is 1. The minimum Gasteiger partial charge on any atom is -0.335 e. The molecular formula is C12H16N4OS. The lowest BCUT2D eigenvalue weighted by atomic mass is 10.0. The van der Waals surface area contributed by atoms with Gasteiger partial charge in [-0.3, -0.25) is 4.79 Å². The molecule has 18 heavy (non-hydrogen) atoms. The average Bonchev–Trinajstić information content (AvgIpc) is 2.85. The second-order valence-electron chi connectivity index (χ2n) is 4.50. The molecule has 0 bridgehead atoms. The number of likely N-dealkylation sites (tertiary alicyclic amines) is 1. The van der Waals surface area contributed by atoms with Crippen molar-refractivity contribution >= 4 is 17.2 Å².